The van der Waals surface area contributed by atoms with Gasteiger partial charge in [-0.05, 0) is 37.1 Å². The molecule has 2 heterocycles. The topological polar surface area (TPSA) is 59.8 Å². The monoisotopic (exact) mass is 428 g/mol. The zero-order valence-electron chi connectivity index (χ0n) is 15.1. The van der Waals surface area contributed by atoms with E-state index >= 15 is 0 Å². The third kappa shape index (κ3) is 3.03. The van der Waals surface area contributed by atoms with E-state index in [1.54, 1.807) is 41.1 Å². The van der Waals surface area contributed by atoms with E-state index in [0.29, 0.717) is 39.1 Å². The number of nitrogens with one attached hydrogen (secondary N) is 1. The zero-order chi connectivity index (χ0) is 20.1. The van der Waals surface area contributed by atoms with E-state index in [1.807, 2.05) is 0 Å². The maximum Gasteiger partial charge on any atom is 0.226 e. The fourth-order valence-corrected chi connectivity index (χ4v) is 4.44. The van der Waals surface area contributed by atoms with Gasteiger partial charge in [-0.15, -0.1) is 5.10 Å². The molecule has 1 aromatic heterocycles. The lowest BCUT2D eigenvalue weighted by Crippen LogP contribution is -2.31. The van der Waals surface area contributed by atoms with Gasteiger partial charge in [-0.25, -0.2) is 9.07 Å². The van der Waals surface area contributed by atoms with Gasteiger partial charge in [0.1, 0.15) is 11.9 Å². The molecule has 0 saturated carbocycles. The molecule has 5 rings (SSSR count). The lowest BCUT2D eigenvalue weighted by molar-refractivity contribution is -0.116. The maximum atomic E-state index is 14.3. The van der Waals surface area contributed by atoms with Crippen LogP contribution in [0.3, 0.4) is 0 Å². The molecule has 1 aliphatic carbocycles. The summed E-state index contributed by atoms with van der Waals surface area (Å²) in [6, 6.07) is 10.9. The molecule has 5 nitrogen and oxygen atoms in total. The van der Waals surface area contributed by atoms with Crippen molar-refractivity contribution in [3.63, 3.8) is 0 Å². The van der Waals surface area contributed by atoms with Crippen LogP contribution < -0.4 is 5.32 Å². The quantitative estimate of drug-likeness (QED) is 0.592. The Kier molecular flexibility index (Phi) is 4.41. The third-order valence-corrected chi connectivity index (χ3v) is 5.80. The molecular formula is C21H15Cl2FN4O. The van der Waals surface area contributed by atoms with Crippen LogP contribution in [0.4, 0.5) is 10.3 Å². The molecule has 1 aliphatic heterocycles. The first-order valence-corrected chi connectivity index (χ1v) is 9.98. The molecule has 2 aromatic carbocycles. The molecule has 1 unspecified atom stereocenters. The number of hydrogen-bond acceptors (Lipinski definition) is 4. The van der Waals surface area contributed by atoms with Crippen molar-refractivity contribution in [1.82, 2.24) is 14.8 Å². The molecule has 8 heteroatoms. The normalized spacial score (nSPS) is 18.3. The molecule has 1 atom stereocenters. The number of carbonyl (C=O) groups is 1. The number of Topliss-reactive ketones (excluding diaryl/α,β-unsaturated/α-hetero) is 1. The second-order valence-corrected chi connectivity index (χ2v) is 7.89. The summed E-state index contributed by atoms with van der Waals surface area (Å²) in [6.45, 7) is 0. The first-order valence-electron chi connectivity index (χ1n) is 9.22. The van der Waals surface area contributed by atoms with Gasteiger partial charge in [-0.3, -0.25) is 4.79 Å². The van der Waals surface area contributed by atoms with E-state index in [-0.39, 0.29) is 11.6 Å². The molecule has 1 N–H and O–H groups in total. The fraction of sp³-hybridized carbons (Fsp3) is 0.190. The van der Waals surface area contributed by atoms with Gasteiger partial charge in [-0.1, -0.05) is 41.4 Å². The predicted octanol–water partition coefficient (Wildman–Crippen LogP) is 5.41. The number of fused-ring (bicyclic) bond motifs is 1. The Morgan fingerprint density at radius 3 is 2.76 bits per heavy atom. The van der Waals surface area contributed by atoms with Gasteiger partial charge >= 0.3 is 0 Å². The standard InChI is InChI=1S/C21H15Cl2FN4O/c22-11-8-9-12(14(23)10-11)19-18-16(6-3-7-17(18)29)25-21-26-20(27-28(19)21)13-4-1-2-5-15(13)24/h1-2,4-5,8-10,19H,3,6-7H2,(H,25,26,27). The molecule has 2 aliphatic rings. The summed E-state index contributed by atoms with van der Waals surface area (Å²) in [5.74, 6) is 0.328. The Morgan fingerprint density at radius 1 is 1.14 bits per heavy atom. The molecule has 0 bridgehead atoms. The number of ketones is 1. The maximum absolute atomic E-state index is 14.3. The highest BCUT2D eigenvalue weighted by Gasteiger charge is 2.38. The highest BCUT2D eigenvalue weighted by molar-refractivity contribution is 6.35. The molecule has 3 aromatic rings. The molecule has 0 spiro atoms. The number of aromatic nitrogens is 3. The third-order valence-electron chi connectivity index (χ3n) is 5.24. The number of hydrogen-bond donors (Lipinski definition) is 1. The van der Waals surface area contributed by atoms with Crippen molar-refractivity contribution >= 4 is 34.9 Å². The van der Waals surface area contributed by atoms with Crippen LogP contribution in [0.1, 0.15) is 30.9 Å². The Bertz CT molecular complexity index is 1190. The van der Waals surface area contributed by atoms with Crippen molar-refractivity contribution < 1.29 is 9.18 Å². The van der Waals surface area contributed by atoms with Gasteiger partial charge in [0.05, 0.1) is 5.56 Å². The number of benzene rings is 2. The molecule has 0 fully saturated rings. The Morgan fingerprint density at radius 2 is 1.97 bits per heavy atom. The van der Waals surface area contributed by atoms with E-state index in [9.17, 15) is 9.18 Å². The second-order valence-electron chi connectivity index (χ2n) is 7.05. The summed E-state index contributed by atoms with van der Waals surface area (Å²) in [7, 11) is 0. The van der Waals surface area contributed by atoms with Crippen molar-refractivity contribution in [2.24, 2.45) is 0 Å². The zero-order valence-corrected chi connectivity index (χ0v) is 16.6. The summed E-state index contributed by atoms with van der Waals surface area (Å²) in [4.78, 5) is 17.3. The van der Waals surface area contributed by atoms with E-state index < -0.39 is 11.9 Å². The van der Waals surface area contributed by atoms with Crippen LogP contribution in [0.25, 0.3) is 11.4 Å². The highest BCUT2D eigenvalue weighted by Crippen LogP contribution is 2.43. The lowest BCUT2D eigenvalue weighted by atomic mass is 9.85. The minimum absolute atomic E-state index is 0.0448. The van der Waals surface area contributed by atoms with E-state index in [4.69, 9.17) is 23.2 Å². The van der Waals surface area contributed by atoms with Crippen LogP contribution in [-0.2, 0) is 4.79 Å². The van der Waals surface area contributed by atoms with Crippen LogP contribution in [0.15, 0.2) is 53.7 Å². The Balaban J connectivity index is 1.72. The van der Waals surface area contributed by atoms with Crippen LogP contribution in [-0.4, -0.2) is 20.5 Å². The number of allylic oxidation sites excluding steroid dienone is 2. The van der Waals surface area contributed by atoms with E-state index in [1.165, 1.54) is 6.07 Å². The van der Waals surface area contributed by atoms with Crippen LogP contribution >= 0.6 is 23.2 Å². The van der Waals surface area contributed by atoms with Crippen molar-refractivity contribution in [2.45, 2.75) is 25.3 Å². The summed E-state index contributed by atoms with van der Waals surface area (Å²) >= 11 is 12.6. The molecule has 146 valence electrons. The van der Waals surface area contributed by atoms with Crippen LogP contribution in [0.5, 0.6) is 0 Å². The minimum atomic E-state index is -0.549. The van der Waals surface area contributed by atoms with Crippen molar-refractivity contribution in [2.75, 3.05) is 5.32 Å². The summed E-state index contributed by atoms with van der Waals surface area (Å²) in [5, 5.41) is 8.72. The molecule has 0 saturated heterocycles. The van der Waals surface area contributed by atoms with Gasteiger partial charge in [0.2, 0.25) is 5.95 Å². The van der Waals surface area contributed by atoms with Crippen LogP contribution in [0, 0.1) is 5.82 Å². The second kappa shape index (κ2) is 6.97. The lowest BCUT2D eigenvalue weighted by Gasteiger charge is -2.32. The Labute approximate surface area is 176 Å². The van der Waals surface area contributed by atoms with Crippen LogP contribution in [0.2, 0.25) is 10.0 Å². The van der Waals surface area contributed by atoms with E-state index in [2.05, 4.69) is 15.4 Å². The predicted molar refractivity (Wildman–Crippen MR) is 110 cm³/mol. The van der Waals surface area contributed by atoms with Crippen molar-refractivity contribution in [3.05, 3.63) is 75.2 Å². The number of nitrogens with zero attached hydrogens (tertiary/aromatic N) is 3. The first kappa shape index (κ1) is 18.3. The molecular weight excluding hydrogens is 414 g/mol. The van der Waals surface area contributed by atoms with Crippen molar-refractivity contribution in [1.29, 1.82) is 0 Å². The fourth-order valence-electron chi connectivity index (χ4n) is 3.92. The molecule has 0 amide bonds. The number of halogens is 3. The summed E-state index contributed by atoms with van der Waals surface area (Å²) < 4.78 is 15.9. The number of anilines is 1. The average molecular weight is 429 g/mol. The smallest absolute Gasteiger partial charge is 0.226 e. The Hall–Kier alpha value is -2.70. The minimum Gasteiger partial charge on any atom is -0.328 e. The number of rotatable bonds is 2. The first-order chi connectivity index (χ1) is 14.0. The SMILES string of the molecule is O=C1CCCC2=C1C(c1ccc(Cl)cc1Cl)n1nc(-c3ccccc3F)nc1N2. The largest absolute Gasteiger partial charge is 0.328 e. The van der Waals surface area contributed by atoms with Gasteiger partial charge in [0, 0.05) is 33.3 Å². The van der Waals surface area contributed by atoms with Gasteiger partial charge in [0.15, 0.2) is 11.6 Å². The van der Waals surface area contributed by atoms with Gasteiger partial charge < -0.3 is 5.32 Å². The van der Waals surface area contributed by atoms with E-state index in [0.717, 1.165) is 18.5 Å². The summed E-state index contributed by atoms with van der Waals surface area (Å²) in [5.41, 5.74) is 2.43. The number of carbonyl (C=O) groups excluding carboxylic acids is 1. The van der Waals surface area contributed by atoms with Crippen molar-refractivity contribution in [3.8, 4) is 11.4 Å². The average Bonchev–Trinajstić information content (AvgIpc) is 3.11. The molecule has 0 radical (unpaired) electrons. The molecule has 29 heavy (non-hydrogen) atoms. The van der Waals surface area contributed by atoms with Gasteiger partial charge in [0.25, 0.3) is 0 Å². The summed E-state index contributed by atoms with van der Waals surface area (Å²) in [6.07, 6.45) is 1.96. The van der Waals surface area contributed by atoms with Gasteiger partial charge in [-0.2, -0.15) is 4.98 Å². The highest BCUT2D eigenvalue weighted by atomic mass is 35.5.